The monoisotopic (exact) mass is 409 g/mol. The van der Waals surface area contributed by atoms with Crippen LogP contribution in [0.5, 0.6) is 0 Å². The standard InChI is InChI=1S/C21H20FN5OS/c1-14(2)12-27-20(17-8-3-4-9-18(17)22)25-26-21(27)29-13-19(28)24-16-7-5-6-15(10-16)11-23/h3-10,14H,12-13H2,1-2H3,(H,24,28). The van der Waals surface area contributed by atoms with E-state index in [1.54, 1.807) is 42.5 Å². The minimum absolute atomic E-state index is 0.115. The fourth-order valence-electron chi connectivity index (χ4n) is 2.76. The molecule has 0 atom stereocenters. The molecule has 0 radical (unpaired) electrons. The van der Waals surface area contributed by atoms with E-state index in [0.717, 1.165) is 0 Å². The van der Waals surface area contributed by atoms with Crippen molar-refractivity contribution in [2.24, 2.45) is 5.92 Å². The lowest BCUT2D eigenvalue weighted by Gasteiger charge is -2.13. The van der Waals surface area contributed by atoms with Gasteiger partial charge in [-0.25, -0.2) is 4.39 Å². The maximum absolute atomic E-state index is 14.2. The molecule has 0 spiro atoms. The molecular weight excluding hydrogens is 389 g/mol. The van der Waals surface area contributed by atoms with E-state index in [0.29, 0.717) is 40.3 Å². The van der Waals surface area contributed by atoms with Crippen LogP contribution in [0.25, 0.3) is 11.4 Å². The van der Waals surface area contributed by atoms with E-state index in [1.807, 2.05) is 10.6 Å². The van der Waals surface area contributed by atoms with Crippen molar-refractivity contribution in [3.63, 3.8) is 0 Å². The third-order valence-electron chi connectivity index (χ3n) is 3.99. The van der Waals surface area contributed by atoms with Crippen LogP contribution in [0.4, 0.5) is 10.1 Å². The average Bonchev–Trinajstić information content (AvgIpc) is 3.08. The van der Waals surface area contributed by atoms with Crippen LogP contribution in [0, 0.1) is 23.1 Å². The average molecular weight is 409 g/mol. The minimum atomic E-state index is -0.364. The number of carbonyl (C=O) groups excluding carboxylic acids is 1. The van der Waals surface area contributed by atoms with Gasteiger partial charge in [0.2, 0.25) is 5.91 Å². The molecule has 1 N–H and O–H groups in total. The van der Waals surface area contributed by atoms with Gasteiger partial charge in [-0.3, -0.25) is 4.79 Å². The Morgan fingerprint density at radius 3 is 2.76 bits per heavy atom. The molecular formula is C21H20FN5OS. The second-order valence-electron chi connectivity index (χ2n) is 6.82. The van der Waals surface area contributed by atoms with E-state index < -0.39 is 0 Å². The van der Waals surface area contributed by atoms with Gasteiger partial charge in [-0.2, -0.15) is 5.26 Å². The van der Waals surface area contributed by atoms with Gasteiger partial charge in [0.25, 0.3) is 0 Å². The molecule has 1 aromatic heterocycles. The van der Waals surface area contributed by atoms with Crippen molar-refractivity contribution in [3.05, 3.63) is 59.9 Å². The van der Waals surface area contributed by atoms with Crippen LogP contribution in [-0.4, -0.2) is 26.4 Å². The summed E-state index contributed by atoms with van der Waals surface area (Å²) < 4.78 is 16.1. The van der Waals surface area contributed by atoms with E-state index in [4.69, 9.17) is 5.26 Å². The molecule has 0 aliphatic rings. The highest BCUT2D eigenvalue weighted by atomic mass is 32.2. The molecule has 0 bridgehead atoms. The molecule has 0 unspecified atom stereocenters. The fourth-order valence-corrected chi connectivity index (χ4v) is 3.51. The molecule has 1 heterocycles. The first kappa shape index (κ1) is 20.6. The number of carbonyl (C=O) groups is 1. The molecule has 148 valence electrons. The first-order valence-electron chi connectivity index (χ1n) is 9.09. The summed E-state index contributed by atoms with van der Waals surface area (Å²) in [5.74, 6) is 0.262. The smallest absolute Gasteiger partial charge is 0.234 e. The summed E-state index contributed by atoms with van der Waals surface area (Å²) in [4.78, 5) is 12.3. The van der Waals surface area contributed by atoms with Gasteiger partial charge in [0.05, 0.1) is 22.9 Å². The maximum atomic E-state index is 14.2. The molecule has 0 saturated heterocycles. The molecule has 6 nitrogen and oxygen atoms in total. The zero-order valence-electron chi connectivity index (χ0n) is 16.1. The Bertz CT molecular complexity index is 1060. The second kappa shape index (κ2) is 9.34. The first-order chi connectivity index (χ1) is 14.0. The number of hydrogen-bond donors (Lipinski definition) is 1. The normalized spacial score (nSPS) is 10.7. The number of nitrogens with zero attached hydrogens (tertiary/aromatic N) is 4. The van der Waals surface area contributed by atoms with Gasteiger partial charge in [-0.1, -0.05) is 43.8 Å². The predicted molar refractivity (Wildman–Crippen MR) is 111 cm³/mol. The van der Waals surface area contributed by atoms with Crippen molar-refractivity contribution in [2.75, 3.05) is 11.1 Å². The Labute approximate surface area is 172 Å². The summed E-state index contributed by atoms with van der Waals surface area (Å²) in [6, 6.07) is 15.2. The van der Waals surface area contributed by atoms with Crippen molar-refractivity contribution in [3.8, 4) is 17.5 Å². The molecule has 8 heteroatoms. The molecule has 0 aliphatic heterocycles. The quantitative estimate of drug-likeness (QED) is 0.587. The molecule has 1 amide bonds. The predicted octanol–water partition coefficient (Wildman–Crippen LogP) is 4.34. The van der Waals surface area contributed by atoms with Gasteiger partial charge in [0, 0.05) is 12.2 Å². The molecule has 29 heavy (non-hydrogen) atoms. The van der Waals surface area contributed by atoms with Crippen LogP contribution in [0.3, 0.4) is 0 Å². The number of rotatable bonds is 7. The lowest BCUT2D eigenvalue weighted by atomic mass is 10.2. The minimum Gasteiger partial charge on any atom is -0.325 e. The van der Waals surface area contributed by atoms with Crippen LogP contribution in [0.15, 0.2) is 53.7 Å². The number of nitriles is 1. The summed E-state index contributed by atoms with van der Waals surface area (Å²) in [5, 5.41) is 20.6. The van der Waals surface area contributed by atoms with Crippen LogP contribution in [-0.2, 0) is 11.3 Å². The van der Waals surface area contributed by atoms with E-state index in [-0.39, 0.29) is 17.5 Å². The molecule has 3 rings (SSSR count). The number of hydrogen-bond acceptors (Lipinski definition) is 5. The first-order valence-corrected chi connectivity index (χ1v) is 10.1. The Morgan fingerprint density at radius 1 is 1.24 bits per heavy atom. The van der Waals surface area contributed by atoms with Gasteiger partial charge in [0.15, 0.2) is 11.0 Å². The molecule has 3 aromatic rings. The summed E-state index contributed by atoms with van der Waals surface area (Å²) in [5.41, 5.74) is 1.41. The third kappa shape index (κ3) is 5.21. The SMILES string of the molecule is CC(C)Cn1c(SCC(=O)Nc2cccc(C#N)c2)nnc1-c1ccccc1F. The van der Waals surface area contributed by atoms with Crippen molar-refractivity contribution in [2.45, 2.75) is 25.5 Å². The summed E-state index contributed by atoms with van der Waals surface area (Å²) in [6.07, 6.45) is 0. The van der Waals surface area contributed by atoms with Crippen LogP contribution in [0.2, 0.25) is 0 Å². The Kier molecular flexibility index (Phi) is 6.62. The van der Waals surface area contributed by atoms with Crippen molar-refractivity contribution in [1.29, 1.82) is 5.26 Å². The molecule has 0 saturated carbocycles. The molecule has 0 aliphatic carbocycles. The number of benzene rings is 2. The van der Waals surface area contributed by atoms with Gasteiger partial charge in [-0.05, 0) is 36.2 Å². The van der Waals surface area contributed by atoms with Crippen LogP contribution < -0.4 is 5.32 Å². The number of nitrogens with one attached hydrogen (secondary N) is 1. The van der Waals surface area contributed by atoms with Crippen LogP contribution >= 0.6 is 11.8 Å². The van der Waals surface area contributed by atoms with E-state index >= 15 is 0 Å². The Balaban J connectivity index is 1.76. The fraction of sp³-hybridized carbons (Fsp3) is 0.238. The largest absolute Gasteiger partial charge is 0.325 e. The highest BCUT2D eigenvalue weighted by Gasteiger charge is 2.18. The summed E-state index contributed by atoms with van der Waals surface area (Å²) in [6.45, 7) is 4.70. The number of amides is 1. The van der Waals surface area contributed by atoms with Crippen molar-refractivity contribution >= 4 is 23.4 Å². The second-order valence-corrected chi connectivity index (χ2v) is 7.76. The van der Waals surface area contributed by atoms with Crippen LogP contribution in [0.1, 0.15) is 19.4 Å². The Hall–Kier alpha value is -3.18. The zero-order chi connectivity index (χ0) is 20.8. The lowest BCUT2D eigenvalue weighted by molar-refractivity contribution is -0.113. The van der Waals surface area contributed by atoms with Gasteiger partial charge in [-0.15, -0.1) is 10.2 Å². The third-order valence-corrected chi connectivity index (χ3v) is 4.95. The van der Waals surface area contributed by atoms with Gasteiger partial charge < -0.3 is 9.88 Å². The van der Waals surface area contributed by atoms with Gasteiger partial charge in [0.1, 0.15) is 5.82 Å². The Morgan fingerprint density at radius 2 is 2.03 bits per heavy atom. The van der Waals surface area contributed by atoms with E-state index in [9.17, 15) is 9.18 Å². The number of aromatic nitrogens is 3. The summed E-state index contributed by atoms with van der Waals surface area (Å²) in [7, 11) is 0. The topological polar surface area (TPSA) is 83.6 Å². The van der Waals surface area contributed by atoms with E-state index in [2.05, 4.69) is 29.4 Å². The molecule has 0 fully saturated rings. The zero-order valence-corrected chi connectivity index (χ0v) is 16.9. The van der Waals surface area contributed by atoms with E-state index in [1.165, 1.54) is 17.8 Å². The number of thioether (sulfide) groups is 1. The molecule has 2 aromatic carbocycles. The van der Waals surface area contributed by atoms with Crippen molar-refractivity contribution in [1.82, 2.24) is 14.8 Å². The maximum Gasteiger partial charge on any atom is 0.234 e. The summed E-state index contributed by atoms with van der Waals surface area (Å²) >= 11 is 1.24. The van der Waals surface area contributed by atoms with Crippen molar-refractivity contribution < 1.29 is 9.18 Å². The highest BCUT2D eigenvalue weighted by Crippen LogP contribution is 2.27. The lowest BCUT2D eigenvalue weighted by Crippen LogP contribution is -2.15. The number of halogens is 1. The highest BCUT2D eigenvalue weighted by molar-refractivity contribution is 7.99. The van der Waals surface area contributed by atoms with Gasteiger partial charge >= 0.3 is 0 Å². The number of anilines is 1.